The van der Waals surface area contributed by atoms with Crippen LogP contribution in [0.25, 0.3) is 10.2 Å². The highest BCUT2D eigenvalue weighted by molar-refractivity contribution is 7.17. The molecule has 0 spiro atoms. The van der Waals surface area contributed by atoms with Gasteiger partial charge in [0.05, 0.1) is 36.4 Å². The Balaban J connectivity index is 2.05. The summed E-state index contributed by atoms with van der Waals surface area (Å²) in [5, 5.41) is 4.43. The summed E-state index contributed by atoms with van der Waals surface area (Å²) in [5.41, 5.74) is 1.07. The van der Waals surface area contributed by atoms with Crippen LogP contribution < -0.4 is 10.2 Å². The van der Waals surface area contributed by atoms with E-state index >= 15 is 0 Å². The first-order chi connectivity index (χ1) is 7.45. The Labute approximate surface area is 92.0 Å². The lowest BCUT2D eigenvalue weighted by Gasteiger charge is -2.26. The van der Waals surface area contributed by atoms with Crippen LogP contribution in [0.3, 0.4) is 0 Å². The molecule has 3 rings (SSSR count). The third-order valence-corrected chi connectivity index (χ3v) is 3.63. The van der Waals surface area contributed by atoms with E-state index in [1.165, 1.54) is 4.70 Å². The summed E-state index contributed by atoms with van der Waals surface area (Å²) in [6.45, 7) is 4.50. The number of quaternary nitrogens is 1. The number of rotatable bonds is 1. The van der Waals surface area contributed by atoms with Crippen molar-refractivity contribution in [3.63, 3.8) is 0 Å². The molecule has 5 heteroatoms. The fourth-order valence-electron chi connectivity index (χ4n) is 1.96. The molecular formula is C10H13N4S+. The molecule has 3 heterocycles. The van der Waals surface area contributed by atoms with Gasteiger partial charge in [0, 0.05) is 0 Å². The first-order valence-electron chi connectivity index (χ1n) is 5.20. The van der Waals surface area contributed by atoms with Crippen LogP contribution in [-0.4, -0.2) is 36.1 Å². The number of nitrogens with zero attached hydrogens (tertiary/aromatic N) is 3. The van der Waals surface area contributed by atoms with E-state index in [0.717, 1.165) is 37.5 Å². The normalized spacial score (nSPS) is 17.2. The molecule has 0 atom stereocenters. The lowest BCUT2D eigenvalue weighted by atomic mass is 10.3. The molecule has 1 saturated heterocycles. The van der Waals surface area contributed by atoms with Gasteiger partial charge in [-0.25, -0.2) is 9.97 Å². The van der Waals surface area contributed by atoms with Gasteiger partial charge in [0.2, 0.25) is 0 Å². The second-order valence-electron chi connectivity index (χ2n) is 3.69. The van der Waals surface area contributed by atoms with E-state index < -0.39 is 0 Å². The second kappa shape index (κ2) is 3.75. The summed E-state index contributed by atoms with van der Waals surface area (Å²) in [4.78, 5) is 11.0. The Kier molecular flexibility index (Phi) is 2.26. The molecule has 0 saturated carbocycles. The van der Waals surface area contributed by atoms with Crippen molar-refractivity contribution >= 4 is 27.4 Å². The van der Waals surface area contributed by atoms with Gasteiger partial charge >= 0.3 is 0 Å². The van der Waals surface area contributed by atoms with Crippen LogP contribution in [0.15, 0.2) is 17.8 Å². The minimum atomic E-state index is 1.07. The van der Waals surface area contributed by atoms with Crippen molar-refractivity contribution in [3.8, 4) is 0 Å². The molecular weight excluding hydrogens is 208 g/mol. The molecule has 0 unspecified atom stereocenters. The van der Waals surface area contributed by atoms with Crippen LogP contribution in [0.1, 0.15) is 0 Å². The largest absolute Gasteiger partial charge is 0.344 e. The van der Waals surface area contributed by atoms with Crippen molar-refractivity contribution in [1.82, 2.24) is 9.97 Å². The van der Waals surface area contributed by atoms with Crippen molar-refractivity contribution < 1.29 is 5.32 Å². The molecule has 1 fully saturated rings. The minimum absolute atomic E-state index is 1.07. The van der Waals surface area contributed by atoms with Crippen LogP contribution in [0.5, 0.6) is 0 Å². The highest BCUT2D eigenvalue weighted by atomic mass is 32.1. The molecule has 4 nitrogen and oxygen atoms in total. The third kappa shape index (κ3) is 1.57. The maximum absolute atomic E-state index is 4.41. The summed E-state index contributed by atoms with van der Waals surface area (Å²) >= 11 is 1.73. The zero-order valence-corrected chi connectivity index (χ0v) is 9.20. The Bertz CT molecular complexity index is 461. The standard InChI is InChI=1S/C10H12N4S/c1-6-15-9-8(1)12-7-13-10(9)14-4-2-11-3-5-14/h1,6-7,11H,2-5H2/p+1. The first kappa shape index (κ1) is 9.06. The number of hydrogen-bond donors (Lipinski definition) is 1. The lowest BCUT2D eigenvalue weighted by Crippen LogP contribution is -2.89. The van der Waals surface area contributed by atoms with Gasteiger partial charge in [-0.2, -0.15) is 0 Å². The summed E-state index contributed by atoms with van der Waals surface area (Å²) in [6.07, 6.45) is 1.67. The van der Waals surface area contributed by atoms with Crippen molar-refractivity contribution in [2.45, 2.75) is 0 Å². The fourth-order valence-corrected chi connectivity index (χ4v) is 2.83. The van der Waals surface area contributed by atoms with Crippen LogP contribution >= 0.6 is 11.3 Å². The monoisotopic (exact) mass is 221 g/mol. The molecule has 2 aromatic rings. The van der Waals surface area contributed by atoms with Crippen molar-refractivity contribution in [2.24, 2.45) is 0 Å². The zero-order valence-electron chi connectivity index (χ0n) is 8.39. The number of aromatic nitrogens is 2. The third-order valence-electron chi connectivity index (χ3n) is 2.73. The number of fused-ring (bicyclic) bond motifs is 1. The maximum atomic E-state index is 4.41. The topological polar surface area (TPSA) is 45.6 Å². The van der Waals surface area contributed by atoms with E-state index in [1.54, 1.807) is 17.7 Å². The van der Waals surface area contributed by atoms with Crippen LogP contribution in [0.2, 0.25) is 0 Å². The number of hydrogen-bond acceptors (Lipinski definition) is 4. The molecule has 0 radical (unpaired) electrons. The van der Waals surface area contributed by atoms with Gasteiger partial charge in [0.25, 0.3) is 0 Å². The van der Waals surface area contributed by atoms with Crippen molar-refractivity contribution in [2.75, 3.05) is 31.1 Å². The number of anilines is 1. The molecule has 0 aromatic carbocycles. The van der Waals surface area contributed by atoms with E-state index in [0.29, 0.717) is 0 Å². The maximum Gasteiger partial charge on any atom is 0.150 e. The fraction of sp³-hybridized carbons (Fsp3) is 0.400. The quantitative estimate of drug-likeness (QED) is 0.741. The summed E-state index contributed by atoms with van der Waals surface area (Å²) < 4.78 is 1.22. The van der Waals surface area contributed by atoms with Crippen LogP contribution in [0, 0.1) is 0 Å². The van der Waals surface area contributed by atoms with Gasteiger partial charge in [-0.15, -0.1) is 11.3 Å². The Morgan fingerprint density at radius 3 is 3.00 bits per heavy atom. The van der Waals surface area contributed by atoms with Gasteiger partial charge in [-0.3, -0.25) is 0 Å². The second-order valence-corrected chi connectivity index (χ2v) is 4.60. The predicted octanol–water partition coefficient (Wildman–Crippen LogP) is 0.0747. The Morgan fingerprint density at radius 2 is 2.13 bits per heavy atom. The number of thiophene rings is 1. The average Bonchev–Trinajstić information content (AvgIpc) is 2.78. The Morgan fingerprint density at radius 1 is 1.27 bits per heavy atom. The van der Waals surface area contributed by atoms with E-state index in [1.807, 2.05) is 0 Å². The van der Waals surface area contributed by atoms with E-state index in [9.17, 15) is 0 Å². The number of nitrogens with two attached hydrogens (primary N) is 1. The molecule has 0 bridgehead atoms. The highest BCUT2D eigenvalue weighted by Gasteiger charge is 2.16. The molecule has 2 N–H and O–H groups in total. The molecule has 0 amide bonds. The van der Waals surface area contributed by atoms with E-state index in [-0.39, 0.29) is 0 Å². The van der Waals surface area contributed by atoms with Crippen LogP contribution in [-0.2, 0) is 0 Å². The van der Waals surface area contributed by atoms with Crippen molar-refractivity contribution in [3.05, 3.63) is 17.8 Å². The zero-order chi connectivity index (χ0) is 10.1. The number of piperazine rings is 1. The highest BCUT2D eigenvalue weighted by Crippen LogP contribution is 2.27. The van der Waals surface area contributed by atoms with E-state index in [2.05, 4.69) is 31.6 Å². The molecule has 0 aliphatic carbocycles. The first-order valence-corrected chi connectivity index (χ1v) is 6.08. The molecule has 1 aliphatic heterocycles. The van der Waals surface area contributed by atoms with E-state index in [4.69, 9.17) is 0 Å². The average molecular weight is 221 g/mol. The molecule has 78 valence electrons. The minimum Gasteiger partial charge on any atom is -0.344 e. The van der Waals surface area contributed by atoms with Gasteiger partial charge in [-0.05, 0) is 11.4 Å². The summed E-state index contributed by atoms with van der Waals surface area (Å²) in [6, 6.07) is 2.06. The smallest absolute Gasteiger partial charge is 0.150 e. The molecule has 15 heavy (non-hydrogen) atoms. The molecule has 2 aromatic heterocycles. The summed E-state index contributed by atoms with van der Waals surface area (Å²) in [7, 11) is 0. The van der Waals surface area contributed by atoms with Crippen LogP contribution in [0.4, 0.5) is 5.82 Å². The predicted molar refractivity (Wildman–Crippen MR) is 61.3 cm³/mol. The van der Waals surface area contributed by atoms with Gasteiger partial charge in [0.15, 0.2) is 0 Å². The lowest BCUT2D eigenvalue weighted by molar-refractivity contribution is -0.655. The van der Waals surface area contributed by atoms with Gasteiger partial charge in [-0.1, -0.05) is 0 Å². The summed E-state index contributed by atoms with van der Waals surface area (Å²) in [5.74, 6) is 1.11. The van der Waals surface area contributed by atoms with Gasteiger partial charge in [0.1, 0.15) is 12.1 Å². The molecule has 1 aliphatic rings. The Hall–Kier alpha value is -1.20. The van der Waals surface area contributed by atoms with Gasteiger partial charge < -0.3 is 10.2 Å². The van der Waals surface area contributed by atoms with Crippen molar-refractivity contribution in [1.29, 1.82) is 0 Å². The SMILES string of the molecule is c1nc(N2CC[NH2+]CC2)c2sccc2n1.